The van der Waals surface area contributed by atoms with E-state index in [9.17, 15) is 4.79 Å². The molecule has 0 aromatic rings. The van der Waals surface area contributed by atoms with Gasteiger partial charge in [0.15, 0.2) is 0 Å². The second kappa shape index (κ2) is 5.10. The maximum atomic E-state index is 11.6. The Morgan fingerprint density at radius 2 is 1.57 bits per heavy atom. The molecule has 0 amide bonds. The van der Waals surface area contributed by atoms with Gasteiger partial charge in [-0.3, -0.25) is 4.79 Å². The van der Waals surface area contributed by atoms with Crippen molar-refractivity contribution in [3.8, 4) is 0 Å². The number of unbranched alkanes of at least 4 members (excludes halogenated alkanes) is 1. The van der Waals surface area contributed by atoms with Gasteiger partial charge in [0.25, 0.3) is 0 Å². The summed E-state index contributed by atoms with van der Waals surface area (Å²) >= 11 is 0. The zero-order valence-corrected chi connectivity index (χ0v) is 11.7. The summed E-state index contributed by atoms with van der Waals surface area (Å²) in [6.45, 7) is 13.2. The van der Waals surface area contributed by atoms with E-state index in [1.165, 1.54) is 12.5 Å². The molecule has 0 unspecified atom stereocenters. The smallest absolute Gasteiger partial charge is 0.138 e. The van der Waals surface area contributed by atoms with E-state index in [0.717, 1.165) is 12.8 Å². The van der Waals surface area contributed by atoms with Crippen LogP contribution in [0.1, 0.15) is 40.0 Å². The summed E-state index contributed by atoms with van der Waals surface area (Å²) in [5.74, 6) is 0.410. The lowest BCUT2D eigenvalue weighted by Crippen LogP contribution is -2.21. The largest absolute Gasteiger partial charge is 0.299 e. The molecule has 1 nitrogen and oxygen atoms in total. The SMILES string of the molecule is CC(C)(C)C(=O)CCCC[Si](C)(C)C. The summed E-state index contributed by atoms with van der Waals surface area (Å²) in [5.41, 5.74) is -0.140. The van der Waals surface area contributed by atoms with Crippen LogP contribution >= 0.6 is 0 Å². The van der Waals surface area contributed by atoms with Crippen LogP contribution in [0.2, 0.25) is 25.7 Å². The van der Waals surface area contributed by atoms with E-state index in [2.05, 4.69) is 19.6 Å². The van der Waals surface area contributed by atoms with E-state index in [-0.39, 0.29) is 5.41 Å². The number of Topliss-reactive ketones (excluding diaryl/α,β-unsaturated/α-hetero) is 1. The lowest BCUT2D eigenvalue weighted by molar-refractivity contribution is -0.126. The van der Waals surface area contributed by atoms with Gasteiger partial charge in [0.2, 0.25) is 0 Å². The van der Waals surface area contributed by atoms with Crippen LogP contribution < -0.4 is 0 Å². The predicted octanol–water partition coefficient (Wildman–Crippen LogP) is 4.11. The molecule has 0 saturated heterocycles. The van der Waals surface area contributed by atoms with Gasteiger partial charge in [-0.2, -0.15) is 0 Å². The van der Waals surface area contributed by atoms with Crippen LogP contribution in [-0.2, 0) is 4.79 Å². The van der Waals surface area contributed by atoms with Crippen LogP contribution in [0.5, 0.6) is 0 Å². The highest BCUT2D eigenvalue weighted by Gasteiger charge is 2.20. The molecule has 0 spiro atoms. The molecular weight excluding hydrogens is 188 g/mol. The van der Waals surface area contributed by atoms with Crippen LogP contribution in [0.4, 0.5) is 0 Å². The first-order chi connectivity index (χ1) is 6.13. The molecule has 0 aliphatic carbocycles. The quantitative estimate of drug-likeness (QED) is 0.497. The van der Waals surface area contributed by atoms with Crippen molar-refractivity contribution in [3.05, 3.63) is 0 Å². The third-order valence-electron chi connectivity index (χ3n) is 2.42. The van der Waals surface area contributed by atoms with Crippen molar-refractivity contribution in [2.45, 2.75) is 65.7 Å². The maximum absolute atomic E-state index is 11.6. The van der Waals surface area contributed by atoms with Crippen molar-refractivity contribution >= 4 is 13.9 Å². The Balaban J connectivity index is 3.62. The molecule has 0 heterocycles. The van der Waals surface area contributed by atoms with Gasteiger partial charge in [-0.15, -0.1) is 0 Å². The Morgan fingerprint density at radius 1 is 1.07 bits per heavy atom. The molecule has 14 heavy (non-hydrogen) atoms. The Bertz CT molecular complexity index is 183. The normalized spacial score (nSPS) is 13.0. The van der Waals surface area contributed by atoms with Gasteiger partial charge < -0.3 is 0 Å². The maximum Gasteiger partial charge on any atom is 0.138 e. The van der Waals surface area contributed by atoms with Gasteiger partial charge in [-0.1, -0.05) is 52.9 Å². The average molecular weight is 214 g/mol. The first-order valence-corrected chi connectivity index (χ1v) is 9.37. The van der Waals surface area contributed by atoms with E-state index in [0.29, 0.717) is 5.78 Å². The molecule has 0 fully saturated rings. The van der Waals surface area contributed by atoms with Gasteiger partial charge >= 0.3 is 0 Å². The molecular formula is C12H26OSi. The second-order valence-corrected chi connectivity index (χ2v) is 12.1. The number of hydrogen-bond acceptors (Lipinski definition) is 1. The highest BCUT2D eigenvalue weighted by Crippen LogP contribution is 2.20. The molecule has 0 aromatic carbocycles. The van der Waals surface area contributed by atoms with Crippen LogP contribution in [0, 0.1) is 5.41 Å². The molecule has 0 aromatic heterocycles. The third-order valence-corrected chi connectivity index (χ3v) is 4.27. The van der Waals surface area contributed by atoms with Crippen LogP contribution in [0.3, 0.4) is 0 Å². The number of rotatable bonds is 5. The second-order valence-electron chi connectivity index (χ2n) is 6.44. The zero-order chi connectivity index (χ0) is 11.4. The van der Waals surface area contributed by atoms with Crippen molar-refractivity contribution in [2.75, 3.05) is 0 Å². The number of hydrogen-bond donors (Lipinski definition) is 0. The fraction of sp³-hybridized carbons (Fsp3) is 0.917. The minimum Gasteiger partial charge on any atom is -0.299 e. The van der Waals surface area contributed by atoms with Gasteiger partial charge in [-0.25, -0.2) is 0 Å². The van der Waals surface area contributed by atoms with Gasteiger partial charge in [0.1, 0.15) is 5.78 Å². The average Bonchev–Trinajstić information content (AvgIpc) is 1.93. The monoisotopic (exact) mass is 214 g/mol. The van der Waals surface area contributed by atoms with Crippen molar-refractivity contribution in [3.63, 3.8) is 0 Å². The molecule has 0 saturated carbocycles. The van der Waals surface area contributed by atoms with E-state index in [1.807, 2.05) is 20.8 Å². The fourth-order valence-corrected chi connectivity index (χ4v) is 2.63. The molecule has 0 radical (unpaired) electrons. The Kier molecular flexibility index (Phi) is 5.06. The number of carbonyl (C=O) groups excluding carboxylic acids is 1. The van der Waals surface area contributed by atoms with Crippen molar-refractivity contribution in [1.29, 1.82) is 0 Å². The number of carbonyl (C=O) groups is 1. The summed E-state index contributed by atoms with van der Waals surface area (Å²) < 4.78 is 0. The van der Waals surface area contributed by atoms with Gasteiger partial charge in [-0.05, 0) is 6.42 Å². The summed E-state index contributed by atoms with van der Waals surface area (Å²) in [6, 6.07) is 1.35. The van der Waals surface area contributed by atoms with Gasteiger partial charge in [0.05, 0.1) is 0 Å². The fourth-order valence-electron chi connectivity index (χ4n) is 1.32. The van der Waals surface area contributed by atoms with Crippen LogP contribution in [0.25, 0.3) is 0 Å². The Morgan fingerprint density at radius 3 is 1.93 bits per heavy atom. The molecule has 2 heteroatoms. The minimum absolute atomic E-state index is 0.140. The summed E-state index contributed by atoms with van der Waals surface area (Å²) in [4.78, 5) is 11.6. The van der Waals surface area contributed by atoms with Gasteiger partial charge in [0, 0.05) is 19.9 Å². The zero-order valence-electron chi connectivity index (χ0n) is 10.7. The van der Waals surface area contributed by atoms with Crippen molar-refractivity contribution in [1.82, 2.24) is 0 Å². The highest BCUT2D eigenvalue weighted by atomic mass is 28.3. The first kappa shape index (κ1) is 13.9. The molecule has 0 N–H and O–H groups in total. The van der Waals surface area contributed by atoms with E-state index < -0.39 is 8.07 Å². The van der Waals surface area contributed by atoms with Crippen LogP contribution in [0.15, 0.2) is 0 Å². The van der Waals surface area contributed by atoms with Crippen molar-refractivity contribution in [2.24, 2.45) is 5.41 Å². The molecule has 0 atom stereocenters. The molecule has 84 valence electrons. The lowest BCUT2D eigenvalue weighted by Gasteiger charge is -2.18. The minimum atomic E-state index is -0.886. The first-order valence-electron chi connectivity index (χ1n) is 5.66. The highest BCUT2D eigenvalue weighted by molar-refractivity contribution is 6.76. The summed E-state index contributed by atoms with van der Waals surface area (Å²) in [6.07, 6.45) is 3.09. The predicted molar refractivity (Wildman–Crippen MR) is 66.5 cm³/mol. The topological polar surface area (TPSA) is 17.1 Å². The lowest BCUT2D eigenvalue weighted by atomic mass is 9.88. The third kappa shape index (κ3) is 7.31. The van der Waals surface area contributed by atoms with E-state index in [4.69, 9.17) is 0 Å². The molecule has 0 aliphatic heterocycles. The summed E-state index contributed by atoms with van der Waals surface area (Å²) in [5, 5.41) is 0. The Labute approximate surface area is 90.3 Å². The standard InChI is InChI=1S/C12H26OSi/c1-12(2,3)11(13)9-7-8-10-14(4,5)6/h7-10H2,1-6H3. The number of ketones is 1. The van der Waals surface area contributed by atoms with E-state index >= 15 is 0 Å². The van der Waals surface area contributed by atoms with Crippen molar-refractivity contribution < 1.29 is 4.79 Å². The van der Waals surface area contributed by atoms with Crippen LogP contribution in [-0.4, -0.2) is 13.9 Å². The summed E-state index contributed by atoms with van der Waals surface area (Å²) in [7, 11) is -0.886. The van der Waals surface area contributed by atoms with E-state index in [1.54, 1.807) is 0 Å². The molecule has 0 aliphatic rings. The molecule has 0 bridgehead atoms. The Hall–Kier alpha value is -0.113. The molecule has 0 rings (SSSR count).